The molecular formula is C25H20N4O3. The molecule has 0 unspecified atom stereocenters. The number of carbonyl (C=O) groups is 1. The van der Waals surface area contributed by atoms with Gasteiger partial charge in [0.25, 0.3) is 5.91 Å². The maximum absolute atomic E-state index is 12.4. The second-order valence-electron chi connectivity index (χ2n) is 7.08. The molecule has 7 nitrogen and oxygen atoms in total. The SMILES string of the molecule is COc1ccc(C(=O)N/N=C\c2cn(Cc3ccccc3C#N)c3ccccc23)c(O)c1. The summed E-state index contributed by atoms with van der Waals surface area (Å²) < 4.78 is 7.07. The Balaban J connectivity index is 1.58. The number of ether oxygens (including phenoxy) is 1. The van der Waals surface area contributed by atoms with E-state index in [1.807, 2.05) is 53.2 Å². The molecule has 2 N–H and O–H groups in total. The highest BCUT2D eigenvalue weighted by molar-refractivity contribution is 6.01. The van der Waals surface area contributed by atoms with Gasteiger partial charge in [-0.15, -0.1) is 0 Å². The summed E-state index contributed by atoms with van der Waals surface area (Å²) in [5.41, 5.74) is 5.89. The Hall–Kier alpha value is -4.57. The molecule has 0 aliphatic heterocycles. The lowest BCUT2D eigenvalue weighted by molar-refractivity contribution is 0.0952. The van der Waals surface area contributed by atoms with Crippen molar-refractivity contribution in [3.8, 4) is 17.6 Å². The molecule has 0 aliphatic rings. The summed E-state index contributed by atoms with van der Waals surface area (Å²) in [6, 6.07) is 22.0. The number of fused-ring (bicyclic) bond motifs is 1. The van der Waals surface area contributed by atoms with Gasteiger partial charge in [-0.2, -0.15) is 10.4 Å². The van der Waals surface area contributed by atoms with Crippen LogP contribution in [0.2, 0.25) is 0 Å². The number of amides is 1. The number of para-hydroxylation sites is 1. The minimum atomic E-state index is -0.534. The number of hydrogen-bond acceptors (Lipinski definition) is 5. The fourth-order valence-corrected chi connectivity index (χ4v) is 3.51. The molecule has 1 aromatic heterocycles. The third kappa shape index (κ3) is 4.16. The number of phenols is 1. The van der Waals surface area contributed by atoms with E-state index in [9.17, 15) is 15.2 Å². The normalized spacial score (nSPS) is 10.9. The van der Waals surface area contributed by atoms with Crippen LogP contribution < -0.4 is 10.2 Å². The van der Waals surface area contributed by atoms with Crippen LogP contribution >= 0.6 is 0 Å². The highest BCUT2D eigenvalue weighted by Crippen LogP contribution is 2.24. The van der Waals surface area contributed by atoms with E-state index >= 15 is 0 Å². The zero-order valence-electron chi connectivity index (χ0n) is 17.3. The number of nitrogens with one attached hydrogen (secondary N) is 1. The molecular weight excluding hydrogens is 404 g/mol. The van der Waals surface area contributed by atoms with Gasteiger partial charge in [0.1, 0.15) is 11.5 Å². The second kappa shape index (κ2) is 9.06. The fraction of sp³-hybridized carbons (Fsp3) is 0.0800. The van der Waals surface area contributed by atoms with Crippen LogP contribution in [0.1, 0.15) is 27.0 Å². The minimum Gasteiger partial charge on any atom is -0.507 e. The number of nitriles is 1. The zero-order chi connectivity index (χ0) is 22.5. The van der Waals surface area contributed by atoms with Gasteiger partial charge < -0.3 is 14.4 Å². The van der Waals surface area contributed by atoms with Crippen molar-refractivity contribution < 1.29 is 14.6 Å². The van der Waals surface area contributed by atoms with Crippen LogP contribution in [0.15, 0.2) is 78.0 Å². The van der Waals surface area contributed by atoms with E-state index in [2.05, 4.69) is 16.6 Å². The van der Waals surface area contributed by atoms with Crippen molar-refractivity contribution in [2.45, 2.75) is 6.54 Å². The lowest BCUT2D eigenvalue weighted by atomic mass is 10.1. The molecule has 1 amide bonds. The zero-order valence-corrected chi connectivity index (χ0v) is 17.3. The van der Waals surface area contributed by atoms with Gasteiger partial charge >= 0.3 is 0 Å². The number of benzene rings is 3. The van der Waals surface area contributed by atoms with Crippen LogP contribution in [-0.2, 0) is 6.54 Å². The largest absolute Gasteiger partial charge is 0.507 e. The van der Waals surface area contributed by atoms with E-state index in [0.29, 0.717) is 17.9 Å². The van der Waals surface area contributed by atoms with Crippen LogP contribution in [0.4, 0.5) is 0 Å². The molecule has 0 aliphatic carbocycles. The van der Waals surface area contributed by atoms with Crippen molar-refractivity contribution in [2.75, 3.05) is 7.11 Å². The first kappa shape index (κ1) is 20.7. The number of hydrogen-bond donors (Lipinski definition) is 2. The van der Waals surface area contributed by atoms with E-state index in [0.717, 1.165) is 22.0 Å². The minimum absolute atomic E-state index is 0.0958. The molecule has 4 aromatic rings. The molecule has 158 valence electrons. The van der Waals surface area contributed by atoms with E-state index in [1.165, 1.54) is 19.2 Å². The van der Waals surface area contributed by atoms with E-state index in [-0.39, 0.29) is 11.3 Å². The summed E-state index contributed by atoms with van der Waals surface area (Å²) >= 11 is 0. The molecule has 0 fully saturated rings. The summed E-state index contributed by atoms with van der Waals surface area (Å²) in [6.45, 7) is 0.532. The standard InChI is InChI=1S/C25H20N4O3/c1-32-20-10-11-22(24(30)12-20)25(31)28-27-14-19-16-29(23-9-5-4-8-21(19)23)15-18-7-3-2-6-17(18)13-26/h2-12,14,16,30H,15H2,1H3,(H,28,31)/b27-14-. The number of rotatable bonds is 6. The molecule has 3 aromatic carbocycles. The smallest absolute Gasteiger partial charge is 0.275 e. The van der Waals surface area contributed by atoms with Gasteiger partial charge in [-0.25, -0.2) is 5.43 Å². The van der Waals surface area contributed by atoms with Crippen molar-refractivity contribution in [1.82, 2.24) is 9.99 Å². The Kier molecular flexibility index (Phi) is 5.86. The number of nitrogens with zero attached hydrogens (tertiary/aromatic N) is 3. The highest BCUT2D eigenvalue weighted by atomic mass is 16.5. The number of hydrazone groups is 1. The molecule has 0 radical (unpaired) electrons. The van der Waals surface area contributed by atoms with Crippen LogP contribution in [0.25, 0.3) is 10.9 Å². The average molecular weight is 424 g/mol. The van der Waals surface area contributed by atoms with Crippen molar-refractivity contribution in [3.63, 3.8) is 0 Å². The number of carbonyl (C=O) groups excluding carboxylic acids is 1. The topological polar surface area (TPSA) is 99.6 Å². The molecule has 0 spiro atoms. The third-order valence-electron chi connectivity index (χ3n) is 5.12. The number of phenolic OH excluding ortho intramolecular Hbond substituents is 1. The summed E-state index contributed by atoms with van der Waals surface area (Å²) in [5, 5.41) is 24.4. The Morgan fingerprint density at radius 1 is 1.19 bits per heavy atom. The van der Waals surface area contributed by atoms with Crippen molar-refractivity contribution >= 4 is 23.0 Å². The Morgan fingerprint density at radius 3 is 2.75 bits per heavy atom. The maximum Gasteiger partial charge on any atom is 0.275 e. The van der Waals surface area contributed by atoms with E-state index in [4.69, 9.17) is 4.74 Å². The third-order valence-corrected chi connectivity index (χ3v) is 5.12. The van der Waals surface area contributed by atoms with Gasteiger partial charge in [-0.3, -0.25) is 4.79 Å². The molecule has 32 heavy (non-hydrogen) atoms. The van der Waals surface area contributed by atoms with Gasteiger partial charge in [-0.05, 0) is 29.8 Å². The predicted molar refractivity (Wildman–Crippen MR) is 122 cm³/mol. The Bertz CT molecular complexity index is 1370. The maximum atomic E-state index is 12.4. The van der Waals surface area contributed by atoms with Gasteiger partial charge in [-0.1, -0.05) is 36.4 Å². The number of aromatic nitrogens is 1. The monoisotopic (exact) mass is 424 g/mol. The fourth-order valence-electron chi connectivity index (χ4n) is 3.51. The lowest BCUT2D eigenvalue weighted by Gasteiger charge is -2.07. The predicted octanol–water partition coefficient (Wildman–Crippen LogP) is 4.04. The van der Waals surface area contributed by atoms with E-state index < -0.39 is 5.91 Å². The van der Waals surface area contributed by atoms with Crippen molar-refractivity contribution in [3.05, 3.63) is 95.2 Å². The van der Waals surface area contributed by atoms with Crippen molar-refractivity contribution in [2.24, 2.45) is 5.10 Å². The molecule has 1 heterocycles. The highest BCUT2D eigenvalue weighted by Gasteiger charge is 2.12. The Labute approximate surface area is 184 Å². The van der Waals surface area contributed by atoms with Gasteiger partial charge in [0.2, 0.25) is 0 Å². The quantitative estimate of drug-likeness (QED) is 0.360. The van der Waals surface area contributed by atoms with E-state index in [1.54, 1.807) is 18.3 Å². The summed E-state index contributed by atoms with van der Waals surface area (Å²) in [5.74, 6) is -0.272. The van der Waals surface area contributed by atoms with Gasteiger partial charge in [0.15, 0.2) is 0 Å². The molecule has 0 bridgehead atoms. The van der Waals surface area contributed by atoms with Crippen LogP contribution in [-0.4, -0.2) is 28.9 Å². The molecule has 0 atom stereocenters. The van der Waals surface area contributed by atoms with Gasteiger partial charge in [0, 0.05) is 35.3 Å². The number of aromatic hydroxyl groups is 1. The Morgan fingerprint density at radius 2 is 1.97 bits per heavy atom. The summed E-state index contributed by atoms with van der Waals surface area (Å²) in [6.07, 6.45) is 3.49. The van der Waals surface area contributed by atoms with Crippen LogP contribution in [0.5, 0.6) is 11.5 Å². The molecule has 0 saturated heterocycles. The molecule has 4 rings (SSSR count). The van der Waals surface area contributed by atoms with Crippen LogP contribution in [0.3, 0.4) is 0 Å². The summed E-state index contributed by atoms with van der Waals surface area (Å²) in [7, 11) is 1.48. The molecule has 0 saturated carbocycles. The van der Waals surface area contributed by atoms with Gasteiger partial charge in [0.05, 0.1) is 30.5 Å². The first-order valence-corrected chi connectivity index (χ1v) is 9.87. The van der Waals surface area contributed by atoms with Crippen LogP contribution in [0, 0.1) is 11.3 Å². The number of methoxy groups -OCH3 is 1. The molecule has 7 heteroatoms. The summed E-state index contributed by atoms with van der Waals surface area (Å²) in [4.78, 5) is 12.4. The average Bonchev–Trinajstić information content (AvgIpc) is 3.16. The first-order chi connectivity index (χ1) is 15.6. The first-order valence-electron chi connectivity index (χ1n) is 9.87. The van der Waals surface area contributed by atoms with Crippen molar-refractivity contribution in [1.29, 1.82) is 5.26 Å². The lowest BCUT2D eigenvalue weighted by Crippen LogP contribution is -2.17. The second-order valence-corrected chi connectivity index (χ2v) is 7.08.